The monoisotopic (exact) mass is 288 g/mol. The lowest BCUT2D eigenvalue weighted by molar-refractivity contribution is 1.56. The topological polar surface area (TPSA) is 0 Å². The third-order valence-corrected chi connectivity index (χ3v) is 3.41. The lowest BCUT2D eigenvalue weighted by atomic mass is 10.0. The van der Waals surface area contributed by atoms with Gasteiger partial charge in [-0.3, -0.25) is 0 Å². The van der Waals surface area contributed by atoms with Crippen LogP contribution in [0.2, 0.25) is 10.0 Å². The van der Waals surface area contributed by atoms with Crippen LogP contribution in [0.3, 0.4) is 0 Å². The van der Waals surface area contributed by atoms with Crippen molar-refractivity contribution in [1.82, 2.24) is 0 Å². The third-order valence-electron chi connectivity index (χ3n) is 2.91. The molecule has 0 aliphatic heterocycles. The van der Waals surface area contributed by atoms with Crippen LogP contribution in [-0.4, -0.2) is 0 Å². The molecule has 2 aromatic carbocycles. The summed E-state index contributed by atoms with van der Waals surface area (Å²) in [5, 5.41) is 1.48. The van der Waals surface area contributed by atoms with Gasteiger partial charge in [-0.1, -0.05) is 60.1 Å². The zero-order valence-electron chi connectivity index (χ0n) is 10.7. The molecule has 0 bridgehead atoms. The minimum atomic E-state index is 0.731. The van der Waals surface area contributed by atoms with E-state index in [0.29, 0.717) is 0 Å². The first-order valence-corrected chi connectivity index (χ1v) is 6.71. The lowest BCUT2D eigenvalue weighted by Gasteiger charge is -2.05. The standard InChI is InChI=1S/C17H14Cl2/c1-12(14-3-7-16(18)8-4-14)11-13(2)15-5-9-17(19)10-6-15/h3-11H,1H2,2H3/b13-11+. The average Bonchev–Trinajstić information content (AvgIpc) is 2.40. The van der Waals surface area contributed by atoms with Crippen molar-refractivity contribution in [2.75, 3.05) is 0 Å². The highest BCUT2D eigenvalue weighted by Gasteiger charge is 1.99. The van der Waals surface area contributed by atoms with E-state index in [1.165, 1.54) is 0 Å². The SMILES string of the molecule is C=C(/C=C(\C)c1ccc(Cl)cc1)c1ccc(Cl)cc1. The molecule has 0 saturated heterocycles. The Hall–Kier alpha value is -1.50. The van der Waals surface area contributed by atoms with Crippen molar-refractivity contribution in [1.29, 1.82) is 0 Å². The molecular formula is C17H14Cl2. The predicted octanol–water partition coefficient (Wildman–Crippen LogP) is 6.11. The summed E-state index contributed by atoms with van der Waals surface area (Å²) in [6.45, 7) is 6.15. The summed E-state index contributed by atoms with van der Waals surface area (Å²) in [7, 11) is 0. The predicted molar refractivity (Wildman–Crippen MR) is 85.6 cm³/mol. The van der Waals surface area contributed by atoms with Crippen molar-refractivity contribution in [3.8, 4) is 0 Å². The first kappa shape index (κ1) is 13.9. The molecule has 19 heavy (non-hydrogen) atoms. The molecule has 0 amide bonds. The number of hydrogen-bond donors (Lipinski definition) is 0. The van der Waals surface area contributed by atoms with E-state index in [4.69, 9.17) is 23.2 Å². The van der Waals surface area contributed by atoms with Gasteiger partial charge in [0.25, 0.3) is 0 Å². The van der Waals surface area contributed by atoms with Crippen molar-refractivity contribution in [3.05, 3.63) is 82.4 Å². The third kappa shape index (κ3) is 3.73. The van der Waals surface area contributed by atoms with E-state index in [0.717, 1.165) is 32.3 Å². The number of benzene rings is 2. The van der Waals surface area contributed by atoms with Crippen molar-refractivity contribution in [2.24, 2.45) is 0 Å². The summed E-state index contributed by atoms with van der Waals surface area (Å²) in [5.41, 5.74) is 4.32. The van der Waals surface area contributed by atoms with Gasteiger partial charge < -0.3 is 0 Å². The van der Waals surface area contributed by atoms with E-state index in [1.807, 2.05) is 48.5 Å². The Morgan fingerprint density at radius 3 is 1.74 bits per heavy atom. The maximum Gasteiger partial charge on any atom is 0.0406 e. The second kappa shape index (κ2) is 6.10. The van der Waals surface area contributed by atoms with Gasteiger partial charge in [-0.25, -0.2) is 0 Å². The fourth-order valence-corrected chi connectivity index (χ4v) is 2.06. The highest BCUT2D eigenvalue weighted by molar-refractivity contribution is 6.30. The number of halogens is 2. The highest BCUT2D eigenvalue weighted by atomic mass is 35.5. The Labute approximate surface area is 124 Å². The Bertz CT molecular complexity index is 605. The molecule has 0 saturated carbocycles. The van der Waals surface area contributed by atoms with E-state index in [-0.39, 0.29) is 0 Å². The van der Waals surface area contributed by atoms with E-state index in [1.54, 1.807) is 0 Å². The largest absolute Gasteiger partial charge is 0.0911 e. The van der Waals surface area contributed by atoms with E-state index in [9.17, 15) is 0 Å². The van der Waals surface area contributed by atoms with Crippen LogP contribution in [0.5, 0.6) is 0 Å². The maximum absolute atomic E-state index is 5.88. The van der Waals surface area contributed by atoms with E-state index >= 15 is 0 Å². The number of hydrogen-bond acceptors (Lipinski definition) is 0. The number of allylic oxidation sites excluding steroid dienone is 3. The van der Waals surface area contributed by atoms with Gasteiger partial charge in [0, 0.05) is 10.0 Å². The molecule has 2 aromatic rings. The number of rotatable bonds is 3. The zero-order valence-corrected chi connectivity index (χ0v) is 12.2. The average molecular weight is 289 g/mol. The maximum atomic E-state index is 5.88. The van der Waals surface area contributed by atoms with Gasteiger partial charge in [-0.05, 0) is 53.5 Å². The minimum absolute atomic E-state index is 0.731. The van der Waals surface area contributed by atoms with Crippen LogP contribution < -0.4 is 0 Å². The molecule has 0 nitrogen and oxygen atoms in total. The van der Waals surface area contributed by atoms with Gasteiger partial charge in [0.15, 0.2) is 0 Å². The molecule has 0 spiro atoms. The van der Waals surface area contributed by atoms with Gasteiger partial charge in [0.1, 0.15) is 0 Å². The Morgan fingerprint density at radius 1 is 0.842 bits per heavy atom. The molecule has 2 rings (SSSR count). The van der Waals surface area contributed by atoms with Crippen molar-refractivity contribution in [2.45, 2.75) is 6.92 Å². The van der Waals surface area contributed by atoms with Crippen LogP contribution in [0.15, 0.2) is 61.2 Å². The molecule has 2 heteroatoms. The first-order valence-electron chi connectivity index (χ1n) is 5.95. The van der Waals surface area contributed by atoms with Gasteiger partial charge in [0.05, 0.1) is 0 Å². The molecule has 0 unspecified atom stereocenters. The van der Waals surface area contributed by atoms with Crippen LogP contribution in [0, 0.1) is 0 Å². The molecule has 0 aliphatic rings. The van der Waals surface area contributed by atoms with Crippen LogP contribution in [0.4, 0.5) is 0 Å². The smallest absolute Gasteiger partial charge is 0.0406 e. The highest BCUT2D eigenvalue weighted by Crippen LogP contribution is 2.23. The fourth-order valence-electron chi connectivity index (χ4n) is 1.80. The summed E-state index contributed by atoms with van der Waals surface area (Å²) in [5.74, 6) is 0. The van der Waals surface area contributed by atoms with Gasteiger partial charge in [-0.2, -0.15) is 0 Å². The molecule has 0 aliphatic carbocycles. The molecule has 0 atom stereocenters. The summed E-state index contributed by atoms with van der Waals surface area (Å²) >= 11 is 11.8. The molecule has 96 valence electrons. The van der Waals surface area contributed by atoms with Crippen LogP contribution in [0.25, 0.3) is 11.1 Å². The van der Waals surface area contributed by atoms with E-state index < -0.39 is 0 Å². The first-order chi connectivity index (χ1) is 9.06. The van der Waals surface area contributed by atoms with Gasteiger partial charge in [0.2, 0.25) is 0 Å². The van der Waals surface area contributed by atoms with Crippen LogP contribution in [0.1, 0.15) is 18.1 Å². The minimum Gasteiger partial charge on any atom is -0.0911 e. The van der Waals surface area contributed by atoms with Gasteiger partial charge in [-0.15, -0.1) is 0 Å². The second-order valence-electron chi connectivity index (χ2n) is 4.37. The Morgan fingerprint density at radius 2 is 1.26 bits per heavy atom. The molecule has 0 aromatic heterocycles. The molecular weight excluding hydrogens is 275 g/mol. The zero-order chi connectivity index (χ0) is 13.8. The summed E-state index contributed by atoms with van der Waals surface area (Å²) in [6.07, 6.45) is 2.06. The van der Waals surface area contributed by atoms with Gasteiger partial charge >= 0.3 is 0 Å². The quantitative estimate of drug-likeness (QED) is 0.598. The second-order valence-corrected chi connectivity index (χ2v) is 5.24. The normalized spacial score (nSPS) is 11.4. The Balaban J connectivity index is 2.22. The molecule has 0 radical (unpaired) electrons. The van der Waals surface area contributed by atoms with Crippen molar-refractivity contribution in [3.63, 3.8) is 0 Å². The Kier molecular flexibility index (Phi) is 4.47. The van der Waals surface area contributed by atoms with Crippen LogP contribution in [-0.2, 0) is 0 Å². The lowest BCUT2D eigenvalue weighted by Crippen LogP contribution is -1.83. The fraction of sp³-hybridized carbons (Fsp3) is 0.0588. The summed E-state index contributed by atoms with van der Waals surface area (Å²) in [6, 6.07) is 15.5. The molecule has 0 fully saturated rings. The molecule has 0 heterocycles. The summed E-state index contributed by atoms with van der Waals surface area (Å²) < 4.78 is 0. The summed E-state index contributed by atoms with van der Waals surface area (Å²) in [4.78, 5) is 0. The van der Waals surface area contributed by atoms with Crippen molar-refractivity contribution < 1.29 is 0 Å². The van der Waals surface area contributed by atoms with Crippen molar-refractivity contribution >= 4 is 34.3 Å². The molecule has 0 N–H and O–H groups in total. The van der Waals surface area contributed by atoms with E-state index in [2.05, 4.69) is 19.6 Å². The van der Waals surface area contributed by atoms with Crippen LogP contribution >= 0.6 is 23.2 Å².